The number of ether oxygens (including phenoxy) is 2. The van der Waals surface area contributed by atoms with Gasteiger partial charge in [0.25, 0.3) is 0 Å². The maximum absolute atomic E-state index is 15.2. The molecular weight excluding hydrogens is 384 g/mol. The van der Waals surface area contributed by atoms with Crippen LogP contribution in [0.4, 0.5) is 14.6 Å². The van der Waals surface area contributed by atoms with Crippen molar-refractivity contribution < 1.29 is 28.2 Å². The number of carboxylic acids is 1. The van der Waals surface area contributed by atoms with E-state index in [-0.39, 0.29) is 38.9 Å². The van der Waals surface area contributed by atoms with E-state index in [0.29, 0.717) is 5.82 Å². The van der Waals surface area contributed by atoms with Crippen LogP contribution in [-0.4, -0.2) is 54.5 Å². The van der Waals surface area contributed by atoms with Gasteiger partial charge in [0.2, 0.25) is 5.88 Å². The fourth-order valence-corrected chi connectivity index (χ4v) is 4.09. The van der Waals surface area contributed by atoms with E-state index in [1.807, 2.05) is 0 Å². The highest BCUT2D eigenvalue weighted by atomic mass is 19.1. The Balaban J connectivity index is 1.59. The van der Waals surface area contributed by atoms with Gasteiger partial charge in [-0.3, -0.25) is 0 Å². The number of benzene rings is 1. The highest BCUT2D eigenvalue weighted by Crippen LogP contribution is 2.42. The molecule has 0 aliphatic carbocycles. The lowest BCUT2D eigenvalue weighted by atomic mass is 9.78. The number of rotatable bonds is 4. The average Bonchev–Trinajstić information content (AvgIpc) is 3.04. The number of aromatic nitrogens is 2. The van der Waals surface area contributed by atoms with Crippen molar-refractivity contribution in [2.75, 3.05) is 38.3 Å². The first-order chi connectivity index (χ1) is 13.9. The van der Waals surface area contributed by atoms with Crippen LogP contribution < -0.4 is 9.64 Å². The Morgan fingerprint density at radius 2 is 2.10 bits per heavy atom. The Bertz CT molecular complexity index is 1150. The van der Waals surface area contributed by atoms with Crippen molar-refractivity contribution in [1.29, 1.82) is 0 Å². The van der Waals surface area contributed by atoms with Crippen molar-refractivity contribution in [3.8, 4) is 17.0 Å². The van der Waals surface area contributed by atoms with Gasteiger partial charge in [-0.05, 0) is 18.2 Å². The number of aromatic carboxylic acids is 1. The zero-order valence-corrected chi connectivity index (χ0v) is 15.5. The average molecular weight is 401 g/mol. The van der Waals surface area contributed by atoms with Crippen LogP contribution in [0.25, 0.3) is 22.0 Å². The molecule has 0 saturated carbocycles. The second-order valence-electron chi connectivity index (χ2n) is 7.55. The number of nitrogens with zero attached hydrogens (tertiary/aromatic N) is 2. The molecule has 3 aromatic rings. The van der Waals surface area contributed by atoms with Gasteiger partial charge < -0.3 is 24.5 Å². The number of halogens is 2. The van der Waals surface area contributed by atoms with Crippen LogP contribution in [0.1, 0.15) is 10.4 Å². The summed E-state index contributed by atoms with van der Waals surface area (Å²) < 4.78 is 40.6. The molecule has 2 aromatic heterocycles. The Morgan fingerprint density at radius 3 is 2.72 bits per heavy atom. The lowest BCUT2D eigenvalue weighted by Crippen LogP contribution is -2.66. The van der Waals surface area contributed by atoms with Crippen LogP contribution >= 0.6 is 0 Å². The third-order valence-corrected chi connectivity index (χ3v) is 5.59. The second-order valence-corrected chi connectivity index (χ2v) is 7.55. The van der Waals surface area contributed by atoms with Crippen LogP contribution in [0.5, 0.6) is 5.88 Å². The van der Waals surface area contributed by atoms with Crippen LogP contribution in [0.3, 0.4) is 0 Å². The van der Waals surface area contributed by atoms with Gasteiger partial charge >= 0.3 is 5.97 Å². The van der Waals surface area contributed by atoms with Gasteiger partial charge in [0.1, 0.15) is 17.5 Å². The molecular formula is C20H17F2N3O4. The normalized spacial score (nSPS) is 17.3. The summed E-state index contributed by atoms with van der Waals surface area (Å²) in [7, 11) is 1.38. The van der Waals surface area contributed by atoms with Gasteiger partial charge in [0.05, 0.1) is 53.3 Å². The molecule has 4 heterocycles. The number of hydrogen-bond acceptors (Lipinski definition) is 5. The Morgan fingerprint density at radius 1 is 1.34 bits per heavy atom. The predicted molar refractivity (Wildman–Crippen MR) is 100 cm³/mol. The fraction of sp³-hybridized carbons (Fsp3) is 0.300. The monoisotopic (exact) mass is 401 g/mol. The summed E-state index contributed by atoms with van der Waals surface area (Å²) in [6.07, 6.45) is 1.14. The largest absolute Gasteiger partial charge is 0.480 e. The van der Waals surface area contributed by atoms with Crippen LogP contribution in [0.15, 0.2) is 24.4 Å². The van der Waals surface area contributed by atoms with E-state index in [4.69, 9.17) is 9.47 Å². The van der Waals surface area contributed by atoms with Gasteiger partial charge in [0.15, 0.2) is 0 Å². The first-order valence-corrected chi connectivity index (χ1v) is 9.03. The number of aromatic amines is 1. The molecule has 7 nitrogen and oxygen atoms in total. The number of H-pyrrole nitrogens is 1. The summed E-state index contributed by atoms with van der Waals surface area (Å²) >= 11 is 0. The molecule has 0 radical (unpaired) electrons. The number of pyridine rings is 1. The molecule has 2 saturated heterocycles. The van der Waals surface area contributed by atoms with Crippen LogP contribution in [-0.2, 0) is 4.74 Å². The van der Waals surface area contributed by atoms with E-state index in [2.05, 4.69) is 14.9 Å². The lowest BCUT2D eigenvalue weighted by molar-refractivity contribution is -0.127. The molecule has 2 aliphatic heterocycles. The van der Waals surface area contributed by atoms with Crippen molar-refractivity contribution in [2.45, 2.75) is 0 Å². The molecule has 1 aromatic carbocycles. The number of hydrogen-bond donors (Lipinski definition) is 2. The van der Waals surface area contributed by atoms with E-state index in [0.717, 1.165) is 38.6 Å². The zero-order chi connectivity index (χ0) is 20.3. The Kier molecular flexibility index (Phi) is 3.79. The molecule has 0 atom stereocenters. The predicted octanol–water partition coefficient (Wildman–Crippen LogP) is 3.05. The number of methoxy groups -OCH3 is 1. The molecule has 150 valence electrons. The maximum atomic E-state index is 15.2. The minimum atomic E-state index is -1.31. The summed E-state index contributed by atoms with van der Waals surface area (Å²) in [6.45, 7) is 3.08. The molecule has 0 bridgehead atoms. The SMILES string of the molecule is COc1nc(N2CC3(COC3)C2)ccc1-c1c(F)cc2[nH]cc(C(=O)O)c2c1F. The maximum Gasteiger partial charge on any atom is 0.337 e. The summed E-state index contributed by atoms with van der Waals surface area (Å²) in [4.78, 5) is 20.5. The van der Waals surface area contributed by atoms with Crippen LogP contribution in [0.2, 0.25) is 0 Å². The first kappa shape index (κ1) is 17.9. The topological polar surface area (TPSA) is 87.7 Å². The minimum absolute atomic E-state index is 0.0675. The van der Waals surface area contributed by atoms with E-state index >= 15 is 4.39 Å². The molecule has 5 rings (SSSR count). The molecule has 9 heteroatoms. The molecule has 29 heavy (non-hydrogen) atoms. The third-order valence-electron chi connectivity index (χ3n) is 5.59. The van der Waals surface area contributed by atoms with Gasteiger partial charge in [-0.25, -0.2) is 13.6 Å². The number of anilines is 1. The number of nitrogens with one attached hydrogen (secondary N) is 1. The molecule has 1 spiro atoms. The quantitative estimate of drug-likeness (QED) is 0.699. The fourth-order valence-electron chi connectivity index (χ4n) is 4.09. The smallest absolute Gasteiger partial charge is 0.337 e. The third kappa shape index (κ3) is 2.57. The highest BCUT2D eigenvalue weighted by Gasteiger charge is 2.49. The van der Waals surface area contributed by atoms with Gasteiger partial charge in [-0.15, -0.1) is 0 Å². The highest BCUT2D eigenvalue weighted by molar-refractivity contribution is 6.05. The van der Waals surface area contributed by atoms with E-state index in [9.17, 15) is 14.3 Å². The minimum Gasteiger partial charge on any atom is -0.480 e. The molecule has 2 aliphatic rings. The van der Waals surface area contributed by atoms with Gasteiger partial charge in [-0.2, -0.15) is 4.98 Å². The first-order valence-electron chi connectivity index (χ1n) is 9.03. The van der Waals surface area contributed by atoms with Crippen molar-refractivity contribution in [2.24, 2.45) is 5.41 Å². The zero-order valence-electron chi connectivity index (χ0n) is 15.5. The van der Waals surface area contributed by atoms with Crippen molar-refractivity contribution in [3.05, 3.63) is 41.6 Å². The number of carbonyl (C=O) groups is 1. The molecule has 0 unspecified atom stereocenters. The van der Waals surface area contributed by atoms with Crippen LogP contribution in [0, 0.1) is 17.0 Å². The number of carboxylic acid groups (broad SMARTS) is 1. The number of fused-ring (bicyclic) bond motifs is 1. The van der Waals surface area contributed by atoms with Crippen molar-refractivity contribution in [1.82, 2.24) is 9.97 Å². The Hall–Kier alpha value is -3.20. The standard InChI is InChI=1S/C20H17F2N3O4/c1-28-18-10(2-3-14(24-18)25-6-20(7-25)8-29-9-20)15-12(21)4-13-16(17(15)22)11(5-23-13)19(26)27/h2-5,23H,6-9H2,1H3,(H,26,27). The lowest BCUT2D eigenvalue weighted by Gasteiger charge is -2.55. The Labute approximate surface area is 163 Å². The van der Waals surface area contributed by atoms with E-state index in [1.165, 1.54) is 7.11 Å². The molecule has 0 amide bonds. The summed E-state index contributed by atoms with van der Waals surface area (Å²) in [5.74, 6) is -2.40. The molecule has 2 N–H and O–H groups in total. The van der Waals surface area contributed by atoms with E-state index < -0.39 is 17.6 Å². The summed E-state index contributed by atoms with van der Waals surface area (Å²) in [5.41, 5.74) is -0.261. The van der Waals surface area contributed by atoms with Crippen molar-refractivity contribution in [3.63, 3.8) is 0 Å². The van der Waals surface area contributed by atoms with Crippen molar-refractivity contribution >= 4 is 22.7 Å². The summed E-state index contributed by atoms with van der Waals surface area (Å²) in [5, 5.41) is 9.11. The summed E-state index contributed by atoms with van der Waals surface area (Å²) in [6, 6.07) is 4.30. The van der Waals surface area contributed by atoms with Gasteiger partial charge in [-0.1, -0.05) is 0 Å². The van der Waals surface area contributed by atoms with E-state index in [1.54, 1.807) is 12.1 Å². The van der Waals surface area contributed by atoms with Gasteiger partial charge in [0, 0.05) is 19.3 Å². The molecule has 2 fully saturated rings. The second kappa shape index (κ2) is 6.15.